The van der Waals surface area contributed by atoms with Crippen LogP contribution < -0.4 is 5.73 Å². The highest BCUT2D eigenvalue weighted by atomic mass is 79.9. The number of benzene rings is 1. The number of rotatable bonds is 5. The van der Waals surface area contributed by atoms with Gasteiger partial charge in [-0.3, -0.25) is 0 Å². The molecule has 2 rings (SSSR count). The molecule has 18 heavy (non-hydrogen) atoms. The topological polar surface area (TPSA) is 64.9 Å². The van der Waals surface area contributed by atoms with Crippen LogP contribution in [0.1, 0.15) is 29.7 Å². The van der Waals surface area contributed by atoms with E-state index in [0.29, 0.717) is 24.6 Å². The SMILES string of the molecule is C=CCC(N)c1nc(Cc2ccc(Br)cc2)no1. The number of hydrogen-bond donors (Lipinski definition) is 1. The average Bonchev–Trinajstić information content (AvgIpc) is 2.81. The normalized spacial score (nSPS) is 12.3. The molecule has 1 heterocycles. The van der Waals surface area contributed by atoms with Crippen molar-refractivity contribution in [1.29, 1.82) is 0 Å². The van der Waals surface area contributed by atoms with E-state index in [9.17, 15) is 0 Å². The second-order valence-corrected chi connectivity index (χ2v) is 4.90. The monoisotopic (exact) mass is 307 g/mol. The van der Waals surface area contributed by atoms with E-state index in [1.807, 2.05) is 24.3 Å². The van der Waals surface area contributed by atoms with Crippen LogP contribution in [-0.4, -0.2) is 10.1 Å². The van der Waals surface area contributed by atoms with Crippen molar-refractivity contribution in [3.63, 3.8) is 0 Å². The van der Waals surface area contributed by atoms with Crippen LogP contribution in [-0.2, 0) is 6.42 Å². The summed E-state index contributed by atoms with van der Waals surface area (Å²) < 4.78 is 6.18. The first-order valence-electron chi connectivity index (χ1n) is 5.62. The third kappa shape index (κ3) is 3.27. The minimum atomic E-state index is -0.270. The first-order chi connectivity index (χ1) is 8.69. The van der Waals surface area contributed by atoms with Crippen molar-refractivity contribution in [1.82, 2.24) is 10.1 Å². The first kappa shape index (κ1) is 13.0. The molecule has 1 atom stereocenters. The molecule has 0 bridgehead atoms. The fraction of sp³-hybridized carbons (Fsp3) is 0.231. The van der Waals surface area contributed by atoms with E-state index >= 15 is 0 Å². The summed E-state index contributed by atoms with van der Waals surface area (Å²) in [5.41, 5.74) is 6.99. The molecule has 0 amide bonds. The van der Waals surface area contributed by atoms with E-state index in [0.717, 1.165) is 10.0 Å². The molecule has 94 valence electrons. The van der Waals surface area contributed by atoms with Crippen LogP contribution in [0.25, 0.3) is 0 Å². The molecule has 0 fully saturated rings. The van der Waals surface area contributed by atoms with Crippen molar-refractivity contribution in [2.75, 3.05) is 0 Å². The van der Waals surface area contributed by atoms with Gasteiger partial charge in [0.15, 0.2) is 5.82 Å². The average molecular weight is 308 g/mol. The zero-order chi connectivity index (χ0) is 13.0. The summed E-state index contributed by atoms with van der Waals surface area (Å²) in [6, 6.07) is 7.74. The third-order valence-electron chi connectivity index (χ3n) is 2.50. The summed E-state index contributed by atoms with van der Waals surface area (Å²) in [6.07, 6.45) is 3.00. The predicted octanol–water partition coefficient (Wildman–Crippen LogP) is 3.00. The van der Waals surface area contributed by atoms with Crippen molar-refractivity contribution < 1.29 is 4.52 Å². The summed E-state index contributed by atoms with van der Waals surface area (Å²) in [5, 5.41) is 3.93. The summed E-state index contributed by atoms with van der Waals surface area (Å²) in [7, 11) is 0. The van der Waals surface area contributed by atoms with Crippen LogP contribution >= 0.6 is 15.9 Å². The smallest absolute Gasteiger partial charge is 0.243 e. The van der Waals surface area contributed by atoms with E-state index in [4.69, 9.17) is 10.3 Å². The second kappa shape index (κ2) is 5.93. The van der Waals surface area contributed by atoms with Gasteiger partial charge < -0.3 is 10.3 Å². The molecule has 0 saturated carbocycles. The van der Waals surface area contributed by atoms with E-state index in [1.54, 1.807) is 6.08 Å². The van der Waals surface area contributed by atoms with Gasteiger partial charge in [-0.1, -0.05) is 39.3 Å². The van der Waals surface area contributed by atoms with Gasteiger partial charge in [0.05, 0.1) is 6.04 Å². The largest absolute Gasteiger partial charge is 0.338 e. The third-order valence-corrected chi connectivity index (χ3v) is 3.03. The maximum atomic E-state index is 5.86. The molecule has 0 saturated heterocycles. The molecule has 1 unspecified atom stereocenters. The van der Waals surface area contributed by atoms with Gasteiger partial charge in [0.25, 0.3) is 0 Å². The van der Waals surface area contributed by atoms with Gasteiger partial charge in [0, 0.05) is 10.9 Å². The van der Waals surface area contributed by atoms with Crippen molar-refractivity contribution in [3.8, 4) is 0 Å². The molecule has 0 radical (unpaired) electrons. The van der Waals surface area contributed by atoms with E-state index in [-0.39, 0.29) is 6.04 Å². The van der Waals surface area contributed by atoms with Gasteiger partial charge in [0.2, 0.25) is 5.89 Å². The molecule has 4 nitrogen and oxygen atoms in total. The molecule has 1 aromatic heterocycles. The van der Waals surface area contributed by atoms with Gasteiger partial charge in [-0.15, -0.1) is 6.58 Å². The van der Waals surface area contributed by atoms with Crippen LogP contribution in [0.3, 0.4) is 0 Å². The summed E-state index contributed by atoms with van der Waals surface area (Å²) in [5.74, 6) is 1.11. The van der Waals surface area contributed by atoms with Crippen LogP contribution in [0.5, 0.6) is 0 Å². The predicted molar refractivity (Wildman–Crippen MR) is 73.0 cm³/mol. The number of nitrogens with two attached hydrogens (primary N) is 1. The lowest BCUT2D eigenvalue weighted by molar-refractivity contribution is 0.352. The van der Waals surface area contributed by atoms with Crippen molar-refractivity contribution >= 4 is 15.9 Å². The van der Waals surface area contributed by atoms with Gasteiger partial charge in [-0.2, -0.15) is 4.98 Å². The molecule has 5 heteroatoms. The highest BCUT2D eigenvalue weighted by Gasteiger charge is 2.13. The lowest BCUT2D eigenvalue weighted by Crippen LogP contribution is -2.09. The van der Waals surface area contributed by atoms with Crippen molar-refractivity contribution in [3.05, 3.63) is 58.7 Å². The number of aromatic nitrogens is 2. The Hall–Kier alpha value is -1.46. The summed E-state index contributed by atoms with van der Waals surface area (Å²) in [6.45, 7) is 3.63. The van der Waals surface area contributed by atoms with Gasteiger partial charge in [-0.05, 0) is 24.1 Å². The first-order valence-corrected chi connectivity index (χ1v) is 6.41. The van der Waals surface area contributed by atoms with E-state index < -0.39 is 0 Å². The Kier molecular flexibility index (Phi) is 4.28. The van der Waals surface area contributed by atoms with E-state index in [2.05, 4.69) is 32.6 Å². The van der Waals surface area contributed by atoms with Crippen LogP contribution in [0.2, 0.25) is 0 Å². The minimum absolute atomic E-state index is 0.270. The fourth-order valence-corrected chi connectivity index (χ4v) is 1.82. The molecule has 2 aromatic rings. The lowest BCUT2D eigenvalue weighted by atomic mass is 10.1. The summed E-state index contributed by atoms with van der Waals surface area (Å²) >= 11 is 3.40. The zero-order valence-electron chi connectivity index (χ0n) is 9.84. The maximum Gasteiger partial charge on any atom is 0.243 e. The molecule has 1 aromatic carbocycles. The molecular formula is C13H14BrN3O. The zero-order valence-corrected chi connectivity index (χ0v) is 11.4. The Bertz CT molecular complexity index is 521. The lowest BCUT2D eigenvalue weighted by Gasteiger charge is -2.00. The van der Waals surface area contributed by atoms with Gasteiger partial charge in [-0.25, -0.2) is 0 Å². The van der Waals surface area contributed by atoms with Crippen LogP contribution in [0, 0.1) is 0 Å². The Balaban J connectivity index is 2.06. The molecule has 0 aliphatic heterocycles. The maximum absolute atomic E-state index is 5.86. The minimum Gasteiger partial charge on any atom is -0.338 e. The number of halogens is 1. The van der Waals surface area contributed by atoms with Gasteiger partial charge >= 0.3 is 0 Å². The Morgan fingerprint density at radius 2 is 2.11 bits per heavy atom. The second-order valence-electron chi connectivity index (χ2n) is 3.98. The summed E-state index contributed by atoms with van der Waals surface area (Å²) in [4.78, 5) is 4.28. The fourth-order valence-electron chi connectivity index (χ4n) is 1.56. The number of nitrogens with zero attached hydrogens (tertiary/aromatic N) is 2. The highest BCUT2D eigenvalue weighted by molar-refractivity contribution is 9.10. The molecule has 0 aliphatic rings. The number of hydrogen-bond acceptors (Lipinski definition) is 4. The van der Waals surface area contributed by atoms with Gasteiger partial charge in [0.1, 0.15) is 0 Å². The Morgan fingerprint density at radius 1 is 1.39 bits per heavy atom. The van der Waals surface area contributed by atoms with Crippen molar-refractivity contribution in [2.24, 2.45) is 5.73 Å². The molecule has 0 spiro atoms. The van der Waals surface area contributed by atoms with Crippen molar-refractivity contribution in [2.45, 2.75) is 18.9 Å². The quantitative estimate of drug-likeness (QED) is 0.862. The van der Waals surface area contributed by atoms with Crippen LogP contribution in [0.15, 0.2) is 45.9 Å². The molecular weight excluding hydrogens is 294 g/mol. The van der Waals surface area contributed by atoms with E-state index in [1.165, 1.54) is 0 Å². The molecule has 0 aliphatic carbocycles. The van der Waals surface area contributed by atoms with Crippen LogP contribution in [0.4, 0.5) is 0 Å². The highest BCUT2D eigenvalue weighted by Crippen LogP contribution is 2.15. The molecule has 2 N–H and O–H groups in total. The standard InChI is InChI=1S/C13H14BrN3O/c1-2-3-11(15)13-16-12(17-18-13)8-9-4-6-10(14)7-5-9/h2,4-7,11H,1,3,8,15H2. The Morgan fingerprint density at radius 3 is 2.78 bits per heavy atom. The Labute approximate surface area is 114 Å².